The molecule has 0 saturated heterocycles. The number of oxazole rings is 1. The molecule has 6 heteroatoms. The van der Waals surface area contributed by atoms with E-state index in [-0.39, 0.29) is 5.91 Å². The number of hydrogen-bond acceptors (Lipinski definition) is 5. The molecule has 1 amide bonds. The van der Waals surface area contributed by atoms with Crippen molar-refractivity contribution in [3.63, 3.8) is 0 Å². The van der Waals surface area contributed by atoms with Crippen LogP contribution in [0.5, 0.6) is 11.5 Å². The molecule has 1 N–H and O–H groups in total. The van der Waals surface area contributed by atoms with Gasteiger partial charge in [-0.1, -0.05) is 42.5 Å². The summed E-state index contributed by atoms with van der Waals surface area (Å²) in [5.41, 5.74) is 3.06. The van der Waals surface area contributed by atoms with E-state index < -0.39 is 0 Å². The summed E-state index contributed by atoms with van der Waals surface area (Å²) in [6, 6.07) is 22.8. The van der Waals surface area contributed by atoms with Crippen LogP contribution in [0.1, 0.15) is 15.9 Å². The minimum atomic E-state index is -0.168. The molecule has 0 atom stereocenters. The number of benzene rings is 3. The Morgan fingerprint density at radius 2 is 1.72 bits per heavy atom. The van der Waals surface area contributed by atoms with Crippen molar-refractivity contribution in [1.29, 1.82) is 0 Å². The van der Waals surface area contributed by atoms with E-state index in [1.54, 1.807) is 32.5 Å². The fourth-order valence-electron chi connectivity index (χ4n) is 3.45. The lowest BCUT2D eigenvalue weighted by atomic mass is 10.1. The highest BCUT2D eigenvalue weighted by atomic mass is 16.5. The summed E-state index contributed by atoms with van der Waals surface area (Å²) in [6.45, 7) is 0.539. The topological polar surface area (TPSA) is 73.6 Å². The van der Waals surface area contributed by atoms with E-state index in [4.69, 9.17) is 13.9 Å². The lowest BCUT2D eigenvalue weighted by molar-refractivity contribution is 0.0954. The van der Waals surface area contributed by atoms with Crippen LogP contribution in [0, 0.1) is 0 Å². The first kappa shape index (κ1) is 21.2. The first-order valence-electron chi connectivity index (χ1n) is 10.3. The molecule has 6 nitrogen and oxygen atoms in total. The van der Waals surface area contributed by atoms with Gasteiger partial charge in [0.1, 0.15) is 11.5 Å². The van der Waals surface area contributed by atoms with Crippen molar-refractivity contribution in [2.75, 3.05) is 20.8 Å². The van der Waals surface area contributed by atoms with Crippen LogP contribution < -0.4 is 14.8 Å². The predicted octanol–water partition coefficient (Wildman–Crippen LogP) is 5.00. The molecular formula is C26H24N2O4. The van der Waals surface area contributed by atoms with Gasteiger partial charge in [-0.25, -0.2) is 4.98 Å². The summed E-state index contributed by atoms with van der Waals surface area (Å²) >= 11 is 0. The number of carbonyl (C=O) groups excluding carboxylic acids is 1. The molecule has 0 saturated carbocycles. The Morgan fingerprint density at radius 1 is 0.938 bits per heavy atom. The van der Waals surface area contributed by atoms with Crippen molar-refractivity contribution in [2.45, 2.75) is 6.42 Å². The van der Waals surface area contributed by atoms with Gasteiger partial charge in [-0.15, -0.1) is 0 Å². The lowest BCUT2D eigenvalue weighted by Crippen LogP contribution is -2.26. The van der Waals surface area contributed by atoms with Crippen LogP contribution in [0.4, 0.5) is 0 Å². The van der Waals surface area contributed by atoms with E-state index in [2.05, 4.69) is 10.3 Å². The number of amides is 1. The van der Waals surface area contributed by atoms with Gasteiger partial charge in [-0.3, -0.25) is 4.79 Å². The summed E-state index contributed by atoms with van der Waals surface area (Å²) in [6.07, 6.45) is 2.39. The Balaban J connectivity index is 1.54. The van der Waals surface area contributed by atoms with Crippen LogP contribution in [0.25, 0.3) is 22.8 Å². The Hall–Kier alpha value is -4.06. The van der Waals surface area contributed by atoms with E-state index in [9.17, 15) is 4.79 Å². The van der Waals surface area contributed by atoms with Crippen molar-refractivity contribution in [3.05, 3.63) is 90.1 Å². The number of ether oxygens (including phenoxy) is 2. The van der Waals surface area contributed by atoms with Crippen LogP contribution in [0.2, 0.25) is 0 Å². The minimum Gasteiger partial charge on any atom is -0.497 e. The van der Waals surface area contributed by atoms with Crippen molar-refractivity contribution in [1.82, 2.24) is 10.3 Å². The van der Waals surface area contributed by atoms with Gasteiger partial charge in [0.2, 0.25) is 5.89 Å². The third-order valence-electron chi connectivity index (χ3n) is 5.12. The molecule has 0 unspecified atom stereocenters. The zero-order chi connectivity index (χ0) is 22.3. The van der Waals surface area contributed by atoms with Crippen molar-refractivity contribution >= 4 is 5.91 Å². The number of hydrogen-bond donors (Lipinski definition) is 1. The lowest BCUT2D eigenvalue weighted by Gasteiger charge is -2.09. The molecule has 0 fully saturated rings. The second-order valence-corrected chi connectivity index (χ2v) is 7.13. The van der Waals surface area contributed by atoms with Crippen molar-refractivity contribution in [3.8, 4) is 34.3 Å². The maximum absolute atomic E-state index is 12.9. The van der Waals surface area contributed by atoms with Crippen LogP contribution in [-0.2, 0) is 6.42 Å². The summed E-state index contributed by atoms with van der Waals surface area (Å²) in [5.74, 6) is 2.03. The highest BCUT2D eigenvalue weighted by Gasteiger charge is 2.18. The summed E-state index contributed by atoms with van der Waals surface area (Å²) in [5, 5.41) is 2.98. The highest BCUT2D eigenvalue weighted by molar-refractivity contribution is 6.00. The SMILES string of the molecule is COc1ccc(-c2cnc(-c3ccccc3C(=O)NCCc3ccccc3)o2)c(OC)c1. The molecule has 162 valence electrons. The Labute approximate surface area is 186 Å². The summed E-state index contributed by atoms with van der Waals surface area (Å²) in [7, 11) is 3.19. The number of aromatic nitrogens is 1. The number of methoxy groups -OCH3 is 2. The van der Waals surface area contributed by atoms with E-state index in [1.165, 1.54) is 5.56 Å². The zero-order valence-electron chi connectivity index (χ0n) is 18.0. The van der Waals surface area contributed by atoms with E-state index in [0.29, 0.717) is 40.8 Å². The van der Waals surface area contributed by atoms with Crippen LogP contribution >= 0.6 is 0 Å². The molecule has 0 aliphatic heterocycles. The van der Waals surface area contributed by atoms with Gasteiger partial charge in [0.15, 0.2) is 5.76 Å². The largest absolute Gasteiger partial charge is 0.497 e. The normalized spacial score (nSPS) is 10.6. The molecule has 1 heterocycles. The molecule has 0 spiro atoms. The van der Waals surface area contributed by atoms with Crippen molar-refractivity contribution in [2.24, 2.45) is 0 Å². The fraction of sp³-hybridized carbons (Fsp3) is 0.154. The van der Waals surface area contributed by atoms with Gasteiger partial charge < -0.3 is 19.2 Å². The third kappa shape index (κ3) is 4.64. The summed E-state index contributed by atoms with van der Waals surface area (Å²) < 4.78 is 16.7. The fourth-order valence-corrected chi connectivity index (χ4v) is 3.45. The van der Waals surface area contributed by atoms with Gasteiger partial charge in [0.05, 0.1) is 31.5 Å². The second kappa shape index (κ2) is 9.83. The van der Waals surface area contributed by atoms with Crippen LogP contribution in [0.15, 0.2) is 83.4 Å². The predicted molar refractivity (Wildman–Crippen MR) is 123 cm³/mol. The molecule has 0 radical (unpaired) electrons. The second-order valence-electron chi connectivity index (χ2n) is 7.13. The zero-order valence-corrected chi connectivity index (χ0v) is 18.0. The monoisotopic (exact) mass is 428 g/mol. The molecule has 32 heavy (non-hydrogen) atoms. The molecule has 0 aliphatic carbocycles. The summed E-state index contributed by atoms with van der Waals surface area (Å²) in [4.78, 5) is 17.3. The molecule has 4 rings (SSSR count). The number of rotatable bonds is 8. The maximum atomic E-state index is 12.9. The molecule has 3 aromatic carbocycles. The Morgan fingerprint density at radius 3 is 2.50 bits per heavy atom. The smallest absolute Gasteiger partial charge is 0.252 e. The number of nitrogens with zero attached hydrogens (tertiary/aromatic N) is 1. The Kier molecular flexibility index (Phi) is 6.51. The number of nitrogens with one attached hydrogen (secondary N) is 1. The first-order valence-corrected chi connectivity index (χ1v) is 10.3. The van der Waals surface area contributed by atoms with Crippen LogP contribution in [-0.4, -0.2) is 31.7 Å². The van der Waals surface area contributed by atoms with Gasteiger partial charge in [-0.2, -0.15) is 0 Å². The van der Waals surface area contributed by atoms with Gasteiger partial charge in [-0.05, 0) is 36.2 Å². The molecule has 0 aliphatic rings. The van der Waals surface area contributed by atoms with E-state index in [0.717, 1.165) is 12.0 Å². The molecule has 0 bridgehead atoms. The average Bonchev–Trinajstić information content (AvgIpc) is 3.34. The van der Waals surface area contributed by atoms with Gasteiger partial charge >= 0.3 is 0 Å². The van der Waals surface area contributed by atoms with E-state index >= 15 is 0 Å². The quantitative estimate of drug-likeness (QED) is 0.428. The first-order chi connectivity index (χ1) is 15.7. The Bertz CT molecular complexity index is 1200. The maximum Gasteiger partial charge on any atom is 0.252 e. The van der Waals surface area contributed by atoms with E-state index in [1.807, 2.05) is 60.7 Å². The highest BCUT2D eigenvalue weighted by Crippen LogP contribution is 2.35. The third-order valence-corrected chi connectivity index (χ3v) is 5.12. The average molecular weight is 428 g/mol. The minimum absolute atomic E-state index is 0.168. The standard InChI is InChI=1S/C26H24N2O4/c1-30-19-12-13-22(23(16-19)31-2)24-17-28-26(32-24)21-11-7-6-10-20(21)25(29)27-15-14-18-8-4-3-5-9-18/h3-13,16-17H,14-15H2,1-2H3,(H,27,29). The molecule has 1 aromatic heterocycles. The molecule has 4 aromatic rings. The van der Waals surface area contributed by atoms with Crippen molar-refractivity contribution < 1.29 is 18.7 Å². The van der Waals surface area contributed by atoms with Crippen LogP contribution in [0.3, 0.4) is 0 Å². The van der Waals surface area contributed by atoms with Gasteiger partial charge in [0.25, 0.3) is 5.91 Å². The van der Waals surface area contributed by atoms with Gasteiger partial charge in [0, 0.05) is 18.2 Å². The molecular weight excluding hydrogens is 404 g/mol. The number of carbonyl (C=O) groups is 1.